The summed E-state index contributed by atoms with van der Waals surface area (Å²) in [4.78, 5) is 6.72. The summed E-state index contributed by atoms with van der Waals surface area (Å²) in [5.74, 6) is -2.11. The molecule has 1 aromatic heterocycles. The number of sulfonamides is 1. The van der Waals surface area contributed by atoms with E-state index in [-0.39, 0.29) is 16.4 Å². The van der Waals surface area contributed by atoms with E-state index in [1.165, 1.54) is 25.1 Å². The summed E-state index contributed by atoms with van der Waals surface area (Å²) in [5, 5.41) is -0.243. The molecule has 1 fully saturated rings. The highest BCUT2D eigenvalue weighted by Gasteiger charge is 2.29. The van der Waals surface area contributed by atoms with Gasteiger partial charge in [-0.1, -0.05) is 17.7 Å². The lowest BCUT2D eigenvalue weighted by molar-refractivity contribution is 0.505. The van der Waals surface area contributed by atoms with Crippen LogP contribution in [0.4, 0.5) is 20.3 Å². The molecule has 0 unspecified atom stereocenters. The Hall–Kier alpha value is -1.97. The van der Waals surface area contributed by atoms with Crippen LogP contribution in [0.15, 0.2) is 29.2 Å². The van der Waals surface area contributed by atoms with Gasteiger partial charge in [0.05, 0.1) is 5.69 Å². The highest BCUT2D eigenvalue weighted by molar-refractivity contribution is 7.92. The zero-order valence-electron chi connectivity index (χ0n) is 16.1. The van der Waals surface area contributed by atoms with Crippen molar-refractivity contribution in [2.45, 2.75) is 18.2 Å². The molecule has 2 aromatic rings. The van der Waals surface area contributed by atoms with Gasteiger partial charge in [-0.3, -0.25) is 4.72 Å². The number of halogens is 3. The van der Waals surface area contributed by atoms with Crippen molar-refractivity contribution < 1.29 is 17.2 Å². The van der Waals surface area contributed by atoms with Gasteiger partial charge in [0, 0.05) is 13.1 Å². The van der Waals surface area contributed by atoms with Crippen LogP contribution in [-0.2, 0) is 10.0 Å². The van der Waals surface area contributed by atoms with Crippen LogP contribution in [0.2, 0.25) is 5.02 Å². The van der Waals surface area contributed by atoms with E-state index < -0.39 is 26.7 Å². The lowest BCUT2D eigenvalue weighted by Gasteiger charge is -2.34. The second-order valence-electron chi connectivity index (χ2n) is 6.80. The first-order valence-electron chi connectivity index (χ1n) is 8.52. The summed E-state index contributed by atoms with van der Waals surface area (Å²) in [6.07, 6.45) is 0.976. The quantitative estimate of drug-likeness (QED) is 0.749. The number of benzene rings is 1. The van der Waals surface area contributed by atoms with Gasteiger partial charge in [0.25, 0.3) is 10.0 Å². The molecule has 1 N–H and O–H groups in total. The smallest absolute Gasteiger partial charge is 0.266 e. The predicted molar refractivity (Wildman–Crippen MR) is 108 cm³/mol. The standard InChI is InChI=1S/C15H14ClF2N3O2S.C3H9N/c1-9-8-10(21-6-3-7-21)13(16)14(18)15(9)24(22,23)20-12-5-2-4-11(17)19-12;1-4(2)3/h2,4-5,8H,3,6-7H2,1H3,(H,19,20);1-3H3. The molecule has 28 heavy (non-hydrogen) atoms. The average Bonchev–Trinajstić information content (AvgIpc) is 2.49. The van der Waals surface area contributed by atoms with Crippen molar-refractivity contribution in [3.05, 3.63) is 46.6 Å². The van der Waals surface area contributed by atoms with Crippen LogP contribution in [0.3, 0.4) is 0 Å². The number of anilines is 2. The van der Waals surface area contributed by atoms with E-state index in [1.807, 2.05) is 30.9 Å². The summed E-state index contributed by atoms with van der Waals surface area (Å²) >= 11 is 6.03. The van der Waals surface area contributed by atoms with Crippen LogP contribution in [-0.4, -0.2) is 52.5 Å². The third kappa shape index (κ3) is 5.30. The fraction of sp³-hybridized carbons (Fsp3) is 0.389. The first kappa shape index (κ1) is 22.3. The van der Waals surface area contributed by atoms with Gasteiger partial charge in [0.15, 0.2) is 5.82 Å². The molecular formula is C18H23ClF2N4O2S. The van der Waals surface area contributed by atoms with E-state index in [0.29, 0.717) is 5.69 Å². The van der Waals surface area contributed by atoms with Crippen LogP contribution >= 0.6 is 11.6 Å². The van der Waals surface area contributed by atoms with Crippen LogP contribution in [0.1, 0.15) is 12.0 Å². The molecule has 0 spiro atoms. The summed E-state index contributed by atoms with van der Waals surface area (Å²) in [7, 11) is 1.70. The highest BCUT2D eigenvalue weighted by Crippen LogP contribution is 2.37. The molecule has 154 valence electrons. The summed E-state index contributed by atoms with van der Waals surface area (Å²) in [5.41, 5.74) is 0.684. The minimum atomic E-state index is -4.30. The third-order valence-corrected chi connectivity index (χ3v) is 5.62. The number of nitrogens with one attached hydrogen (secondary N) is 1. The topological polar surface area (TPSA) is 65.5 Å². The fourth-order valence-electron chi connectivity index (χ4n) is 2.49. The molecule has 1 aliphatic heterocycles. The number of nitrogens with zero attached hydrogens (tertiary/aromatic N) is 3. The molecule has 0 radical (unpaired) electrons. The second kappa shape index (κ2) is 9.02. The Balaban J connectivity index is 0.000000640. The van der Waals surface area contributed by atoms with Crippen molar-refractivity contribution in [3.8, 4) is 0 Å². The van der Waals surface area contributed by atoms with Gasteiger partial charge in [-0.05, 0) is 58.3 Å². The summed E-state index contributed by atoms with van der Waals surface area (Å²) < 4.78 is 54.8. The minimum Gasteiger partial charge on any atom is -0.370 e. The maximum Gasteiger partial charge on any atom is 0.266 e. The van der Waals surface area contributed by atoms with E-state index >= 15 is 0 Å². The zero-order valence-corrected chi connectivity index (χ0v) is 17.7. The Morgan fingerprint density at radius 2 is 1.82 bits per heavy atom. The monoisotopic (exact) mass is 432 g/mol. The number of aromatic nitrogens is 1. The largest absolute Gasteiger partial charge is 0.370 e. The van der Waals surface area contributed by atoms with Crippen molar-refractivity contribution in [3.63, 3.8) is 0 Å². The van der Waals surface area contributed by atoms with Crippen LogP contribution < -0.4 is 9.62 Å². The first-order valence-corrected chi connectivity index (χ1v) is 10.4. The Kier molecular flexibility index (Phi) is 7.19. The Bertz CT molecular complexity index is 948. The average molecular weight is 433 g/mol. The molecule has 1 aromatic carbocycles. The molecular weight excluding hydrogens is 410 g/mol. The Morgan fingerprint density at radius 3 is 2.32 bits per heavy atom. The molecule has 2 heterocycles. The van der Waals surface area contributed by atoms with Gasteiger partial charge in [-0.15, -0.1) is 0 Å². The lowest BCUT2D eigenvalue weighted by atomic mass is 10.1. The van der Waals surface area contributed by atoms with Gasteiger partial charge in [0.1, 0.15) is 15.7 Å². The molecule has 1 aliphatic rings. The first-order chi connectivity index (χ1) is 13.0. The van der Waals surface area contributed by atoms with E-state index in [2.05, 4.69) is 9.71 Å². The fourth-order valence-corrected chi connectivity index (χ4v) is 4.13. The zero-order chi connectivity index (χ0) is 21.1. The molecule has 3 rings (SSSR count). The molecule has 0 atom stereocenters. The Morgan fingerprint density at radius 1 is 1.21 bits per heavy atom. The number of hydrogen-bond acceptors (Lipinski definition) is 5. The highest BCUT2D eigenvalue weighted by atomic mass is 35.5. The predicted octanol–water partition coefficient (Wildman–Crippen LogP) is 3.51. The normalized spacial score (nSPS) is 13.6. The second-order valence-corrected chi connectivity index (χ2v) is 8.80. The molecule has 10 heteroatoms. The minimum absolute atomic E-state index is 0.211. The van der Waals surface area contributed by atoms with Gasteiger partial charge in [-0.2, -0.15) is 4.39 Å². The van der Waals surface area contributed by atoms with Gasteiger partial charge in [0.2, 0.25) is 5.95 Å². The van der Waals surface area contributed by atoms with Gasteiger partial charge in [-0.25, -0.2) is 17.8 Å². The molecule has 0 saturated carbocycles. The summed E-state index contributed by atoms with van der Waals surface area (Å²) in [6, 6.07) is 5.17. The van der Waals surface area contributed by atoms with Crippen molar-refractivity contribution in [1.82, 2.24) is 9.88 Å². The SMILES string of the molecule is CN(C)C.Cc1cc(N2CCC2)c(Cl)c(F)c1S(=O)(=O)Nc1cccc(F)n1. The van der Waals surface area contributed by atoms with Crippen LogP contribution in [0, 0.1) is 18.7 Å². The van der Waals surface area contributed by atoms with Crippen molar-refractivity contribution in [2.75, 3.05) is 43.9 Å². The van der Waals surface area contributed by atoms with E-state index in [9.17, 15) is 17.2 Å². The maximum absolute atomic E-state index is 14.6. The van der Waals surface area contributed by atoms with E-state index in [4.69, 9.17) is 11.6 Å². The lowest BCUT2D eigenvalue weighted by Crippen LogP contribution is -2.37. The van der Waals surface area contributed by atoms with Crippen molar-refractivity contribution in [1.29, 1.82) is 0 Å². The number of aryl methyl sites for hydroxylation is 1. The Labute approximate surface area is 169 Å². The molecule has 0 bridgehead atoms. The van der Waals surface area contributed by atoms with Crippen LogP contribution in [0.25, 0.3) is 0 Å². The molecule has 1 saturated heterocycles. The number of pyridine rings is 1. The van der Waals surface area contributed by atoms with Crippen molar-refractivity contribution >= 4 is 33.1 Å². The maximum atomic E-state index is 14.6. The molecule has 0 amide bonds. The number of hydrogen-bond donors (Lipinski definition) is 1. The number of rotatable bonds is 4. The van der Waals surface area contributed by atoms with Crippen LogP contribution in [0.5, 0.6) is 0 Å². The van der Waals surface area contributed by atoms with Gasteiger partial charge >= 0.3 is 0 Å². The van der Waals surface area contributed by atoms with Gasteiger partial charge < -0.3 is 9.80 Å². The van der Waals surface area contributed by atoms with Crippen molar-refractivity contribution in [2.24, 2.45) is 0 Å². The molecule has 0 aliphatic carbocycles. The molecule has 6 nitrogen and oxygen atoms in total. The third-order valence-electron chi connectivity index (χ3n) is 3.75. The van der Waals surface area contributed by atoms with E-state index in [1.54, 1.807) is 0 Å². The summed E-state index contributed by atoms with van der Waals surface area (Å²) in [6.45, 7) is 2.97. The van der Waals surface area contributed by atoms with E-state index in [0.717, 1.165) is 25.6 Å².